The first kappa shape index (κ1) is 22.9. The minimum Gasteiger partial charge on any atom is -0.481 e. The smallest absolute Gasteiger partial charge is 0.310 e. The summed E-state index contributed by atoms with van der Waals surface area (Å²) in [5.41, 5.74) is 0.435. The van der Waals surface area contributed by atoms with E-state index >= 15 is 0 Å². The van der Waals surface area contributed by atoms with Gasteiger partial charge in [0.1, 0.15) is 10.6 Å². The van der Waals surface area contributed by atoms with E-state index in [1.807, 2.05) is 52.8 Å². The number of thiazole rings is 1. The van der Waals surface area contributed by atoms with Gasteiger partial charge in [-0.2, -0.15) is 0 Å². The van der Waals surface area contributed by atoms with Crippen molar-refractivity contribution < 1.29 is 15.0 Å². The van der Waals surface area contributed by atoms with E-state index < -0.39 is 27.8 Å². The third kappa shape index (κ3) is 2.98. The van der Waals surface area contributed by atoms with Crippen LogP contribution in [0.4, 0.5) is 11.6 Å². The molecule has 3 atom stereocenters. The number of aliphatic carboxylic acids is 1. The Hall–Kier alpha value is -2.84. The Bertz CT molecular complexity index is 1300. The summed E-state index contributed by atoms with van der Waals surface area (Å²) in [7, 11) is 0. The largest absolute Gasteiger partial charge is 0.481 e. The molecule has 2 fully saturated rings. The number of carbonyl (C=O) groups is 1. The molecule has 7 nitrogen and oxygen atoms in total. The number of carboxylic acids is 1. The number of hydrogen-bond donors (Lipinski definition) is 3. The summed E-state index contributed by atoms with van der Waals surface area (Å²) < 4.78 is 0. The molecule has 3 N–H and O–H groups in total. The highest BCUT2D eigenvalue weighted by atomic mass is 32.1. The molecule has 2 aliphatic carbocycles. The summed E-state index contributed by atoms with van der Waals surface area (Å²) in [5.74, 6) is -0.284. The molecule has 0 radical (unpaired) electrons. The van der Waals surface area contributed by atoms with Crippen molar-refractivity contribution >= 4 is 28.9 Å². The molecule has 5 rings (SSSR count). The second kappa shape index (κ2) is 7.33. The molecule has 178 valence electrons. The van der Waals surface area contributed by atoms with Crippen LogP contribution in [0.2, 0.25) is 0 Å². The van der Waals surface area contributed by atoms with Crippen LogP contribution in [0, 0.1) is 30.1 Å². The molecule has 2 aliphatic rings. The van der Waals surface area contributed by atoms with E-state index in [-0.39, 0.29) is 6.42 Å². The standard InChI is InChI=1S/C26H30N4O3S/c1-15-10-17(12-18(11-15)30-22-27-9-6-16(2)29-22)19-13-28-20(34-19)26(33)14-25(21(31)32)8-7-24(26,5)23(25,3)4/h6,9-13,33H,7-8,14H2,1-5H3,(H,31,32)(H,27,29,30). The monoisotopic (exact) mass is 478 g/mol. The van der Waals surface area contributed by atoms with Gasteiger partial charge in [-0.3, -0.25) is 4.79 Å². The normalized spacial score (nSPS) is 29.4. The molecule has 2 heterocycles. The average molecular weight is 479 g/mol. The lowest BCUT2D eigenvalue weighted by molar-refractivity contribution is -0.155. The topological polar surface area (TPSA) is 108 Å². The van der Waals surface area contributed by atoms with Crippen molar-refractivity contribution in [2.75, 3.05) is 5.32 Å². The summed E-state index contributed by atoms with van der Waals surface area (Å²) in [4.78, 5) is 26.7. The molecule has 0 spiro atoms. The van der Waals surface area contributed by atoms with E-state index in [9.17, 15) is 15.0 Å². The van der Waals surface area contributed by atoms with Crippen molar-refractivity contribution in [3.05, 3.63) is 52.9 Å². The summed E-state index contributed by atoms with van der Waals surface area (Å²) in [5, 5.41) is 26.0. The second-order valence-electron chi connectivity index (χ2n) is 10.6. The first-order valence-electron chi connectivity index (χ1n) is 11.5. The van der Waals surface area contributed by atoms with E-state index in [0.717, 1.165) is 27.4 Å². The van der Waals surface area contributed by atoms with E-state index in [4.69, 9.17) is 0 Å². The van der Waals surface area contributed by atoms with E-state index in [2.05, 4.69) is 26.3 Å². The zero-order chi connectivity index (χ0) is 24.5. The van der Waals surface area contributed by atoms with Crippen molar-refractivity contribution in [3.8, 4) is 10.4 Å². The SMILES string of the molecule is Cc1cc(Nc2nccc(C)n2)cc(-c2cnc(C3(O)CC4(C(=O)O)CCC3(C)C4(C)C)s2)c1. The lowest BCUT2D eigenvalue weighted by atomic mass is 9.63. The minimum atomic E-state index is -1.28. The number of aryl methyl sites for hydroxylation is 2. The second-order valence-corrected chi connectivity index (χ2v) is 11.7. The lowest BCUT2D eigenvalue weighted by Gasteiger charge is -2.44. The van der Waals surface area contributed by atoms with Gasteiger partial charge >= 0.3 is 5.97 Å². The molecular formula is C26H30N4O3S. The Kier molecular flexibility index (Phi) is 4.94. The van der Waals surface area contributed by atoms with E-state index in [1.165, 1.54) is 11.3 Å². The highest BCUT2D eigenvalue weighted by Gasteiger charge is 2.79. The number of nitrogens with zero attached hydrogens (tertiary/aromatic N) is 3. The number of aromatic nitrogens is 3. The Morgan fingerprint density at radius 3 is 2.56 bits per heavy atom. The predicted molar refractivity (Wildman–Crippen MR) is 132 cm³/mol. The number of aliphatic hydroxyl groups is 1. The van der Waals surface area contributed by atoms with Gasteiger partial charge in [0.05, 0.1) is 10.3 Å². The van der Waals surface area contributed by atoms with Gasteiger partial charge in [0.25, 0.3) is 0 Å². The average Bonchev–Trinajstić information content (AvgIpc) is 3.36. The van der Waals surface area contributed by atoms with Gasteiger partial charge in [-0.05, 0) is 67.9 Å². The Morgan fingerprint density at radius 1 is 1.12 bits per heavy atom. The number of carboxylic acid groups (broad SMARTS) is 1. The van der Waals surface area contributed by atoms with Gasteiger partial charge in [0.2, 0.25) is 5.95 Å². The summed E-state index contributed by atoms with van der Waals surface area (Å²) in [6.45, 7) is 9.96. The van der Waals surface area contributed by atoms with Crippen LogP contribution < -0.4 is 5.32 Å². The molecule has 0 saturated heterocycles. The Balaban J connectivity index is 1.51. The fourth-order valence-corrected chi connectivity index (χ4v) is 7.40. The third-order valence-corrected chi connectivity index (χ3v) is 9.98. The fraction of sp³-hybridized carbons (Fsp3) is 0.462. The number of fused-ring (bicyclic) bond motifs is 2. The summed E-state index contributed by atoms with van der Waals surface area (Å²) in [6, 6.07) is 7.98. The van der Waals surface area contributed by atoms with Gasteiger partial charge in [-0.25, -0.2) is 15.0 Å². The Labute approximate surface area is 203 Å². The van der Waals surface area contributed by atoms with Crippen LogP contribution in [0.1, 0.15) is 56.3 Å². The molecule has 2 saturated carbocycles. The van der Waals surface area contributed by atoms with Crippen LogP contribution in [0.25, 0.3) is 10.4 Å². The highest BCUT2D eigenvalue weighted by Crippen LogP contribution is 2.78. The third-order valence-electron chi connectivity index (χ3n) is 8.78. The summed E-state index contributed by atoms with van der Waals surface area (Å²) >= 11 is 1.44. The maximum atomic E-state index is 12.4. The fourth-order valence-electron chi connectivity index (χ4n) is 6.28. The van der Waals surface area contributed by atoms with Crippen molar-refractivity contribution in [1.82, 2.24) is 15.0 Å². The van der Waals surface area contributed by atoms with Crippen molar-refractivity contribution in [2.24, 2.45) is 16.2 Å². The van der Waals surface area contributed by atoms with Gasteiger partial charge in [0.15, 0.2) is 0 Å². The molecule has 3 unspecified atom stereocenters. The molecule has 2 bridgehead atoms. The minimum absolute atomic E-state index is 0.192. The zero-order valence-corrected chi connectivity index (χ0v) is 21.0. The molecule has 8 heteroatoms. The van der Waals surface area contributed by atoms with Crippen LogP contribution in [0.3, 0.4) is 0 Å². The first-order chi connectivity index (χ1) is 15.9. The quantitative estimate of drug-likeness (QED) is 0.447. The number of rotatable bonds is 5. The van der Waals surface area contributed by atoms with Gasteiger partial charge in [-0.15, -0.1) is 11.3 Å². The van der Waals surface area contributed by atoms with Crippen LogP contribution in [0.5, 0.6) is 0 Å². The molecular weight excluding hydrogens is 448 g/mol. The van der Waals surface area contributed by atoms with E-state index in [0.29, 0.717) is 23.8 Å². The predicted octanol–water partition coefficient (Wildman–Crippen LogP) is 5.45. The maximum Gasteiger partial charge on any atom is 0.310 e. The lowest BCUT2D eigenvalue weighted by Crippen LogP contribution is -2.44. The van der Waals surface area contributed by atoms with Gasteiger partial charge < -0.3 is 15.5 Å². The molecule has 3 aromatic rings. The Morgan fingerprint density at radius 2 is 1.88 bits per heavy atom. The van der Waals surface area contributed by atoms with Crippen molar-refractivity contribution in [2.45, 2.75) is 59.5 Å². The van der Waals surface area contributed by atoms with Crippen molar-refractivity contribution in [3.63, 3.8) is 0 Å². The van der Waals surface area contributed by atoms with Crippen LogP contribution >= 0.6 is 11.3 Å². The molecule has 2 aromatic heterocycles. The first-order valence-corrected chi connectivity index (χ1v) is 12.3. The summed E-state index contributed by atoms with van der Waals surface area (Å²) in [6.07, 6.45) is 4.94. The number of nitrogens with one attached hydrogen (secondary N) is 1. The van der Waals surface area contributed by atoms with E-state index in [1.54, 1.807) is 12.4 Å². The molecule has 1 aromatic carbocycles. The number of benzene rings is 1. The maximum absolute atomic E-state index is 12.4. The van der Waals surface area contributed by atoms with Crippen LogP contribution in [-0.2, 0) is 10.4 Å². The number of hydrogen-bond acceptors (Lipinski definition) is 7. The van der Waals surface area contributed by atoms with Gasteiger partial charge in [-0.1, -0.05) is 26.8 Å². The van der Waals surface area contributed by atoms with Crippen LogP contribution in [-0.4, -0.2) is 31.1 Å². The molecule has 34 heavy (non-hydrogen) atoms. The van der Waals surface area contributed by atoms with Crippen molar-refractivity contribution in [1.29, 1.82) is 0 Å². The van der Waals surface area contributed by atoms with Gasteiger partial charge in [0, 0.05) is 29.2 Å². The van der Waals surface area contributed by atoms with Crippen LogP contribution in [0.15, 0.2) is 36.7 Å². The zero-order valence-electron chi connectivity index (χ0n) is 20.1. The molecule has 0 aliphatic heterocycles. The highest BCUT2D eigenvalue weighted by molar-refractivity contribution is 7.15. The molecule has 0 amide bonds. The number of anilines is 2.